The first-order valence-corrected chi connectivity index (χ1v) is 6.65. The normalized spacial score (nSPS) is 11.7. The maximum absolute atomic E-state index is 12.6. The minimum absolute atomic E-state index is 0.109. The number of para-hydroxylation sites is 1. The Labute approximate surface area is 134 Å². The zero-order chi connectivity index (χ0) is 17.0. The lowest BCUT2D eigenvalue weighted by Gasteiger charge is -2.07. The Kier molecular flexibility index (Phi) is 4.90. The molecule has 120 valence electrons. The number of carbonyl (C=O) groups is 1. The van der Waals surface area contributed by atoms with Gasteiger partial charge < -0.3 is 5.11 Å². The lowest BCUT2D eigenvalue weighted by Crippen LogP contribution is -2.18. The Bertz CT molecular complexity index is 761. The van der Waals surface area contributed by atoms with E-state index in [1.807, 2.05) is 0 Å². The SMILES string of the molecule is O=C(N/N=C\c1cccc(Cl)c1O)c1cccc(C(F)(F)F)c1. The second kappa shape index (κ2) is 6.70. The van der Waals surface area contributed by atoms with Crippen LogP contribution >= 0.6 is 11.6 Å². The average Bonchev–Trinajstić information content (AvgIpc) is 2.50. The Morgan fingerprint density at radius 3 is 2.61 bits per heavy atom. The van der Waals surface area contributed by atoms with Crippen molar-refractivity contribution in [2.45, 2.75) is 6.18 Å². The summed E-state index contributed by atoms with van der Waals surface area (Å²) < 4.78 is 37.8. The molecule has 8 heteroatoms. The molecule has 0 heterocycles. The highest BCUT2D eigenvalue weighted by molar-refractivity contribution is 6.32. The Hall–Kier alpha value is -2.54. The number of carbonyl (C=O) groups excluding carboxylic acids is 1. The lowest BCUT2D eigenvalue weighted by atomic mass is 10.1. The van der Waals surface area contributed by atoms with Crippen LogP contribution in [0.4, 0.5) is 13.2 Å². The number of hydrogen-bond acceptors (Lipinski definition) is 3. The second-order valence-electron chi connectivity index (χ2n) is 4.46. The smallest absolute Gasteiger partial charge is 0.416 e. The zero-order valence-corrected chi connectivity index (χ0v) is 12.2. The minimum atomic E-state index is -4.54. The van der Waals surface area contributed by atoms with Crippen molar-refractivity contribution in [3.8, 4) is 5.75 Å². The van der Waals surface area contributed by atoms with Gasteiger partial charge in [-0.15, -0.1) is 0 Å². The van der Waals surface area contributed by atoms with Crippen molar-refractivity contribution in [1.82, 2.24) is 5.43 Å². The molecule has 0 aromatic heterocycles. The van der Waals surface area contributed by atoms with Gasteiger partial charge in [0.25, 0.3) is 5.91 Å². The van der Waals surface area contributed by atoms with Crippen LogP contribution in [0, 0.1) is 0 Å². The molecule has 0 fully saturated rings. The van der Waals surface area contributed by atoms with E-state index in [0.717, 1.165) is 24.4 Å². The fraction of sp³-hybridized carbons (Fsp3) is 0.0667. The molecular formula is C15H10ClF3N2O2. The largest absolute Gasteiger partial charge is 0.506 e. The van der Waals surface area contributed by atoms with Crippen molar-refractivity contribution < 1.29 is 23.1 Å². The number of halogens is 4. The fourth-order valence-corrected chi connectivity index (χ4v) is 1.88. The Morgan fingerprint density at radius 2 is 1.91 bits per heavy atom. The molecular weight excluding hydrogens is 333 g/mol. The van der Waals surface area contributed by atoms with Gasteiger partial charge in [-0.2, -0.15) is 18.3 Å². The summed E-state index contributed by atoms with van der Waals surface area (Å²) in [7, 11) is 0. The number of hydrazone groups is 1. The average molecular weight is 343 g/mol. The number of phenols is 1. The first-order valence-electron chi connectivity index (χ1n) is 6.27. The van der Waals surface area contributed by atoms with Gasteiger partial charge in [0.1, 0.15) is 5.75 Å². The van der Waals surface area contributed by atoms with Crippen LogP contribution in [0.3, 0.4) is 0 Å². The molecule has 0 radical (unpaired) electrons. The summed E-state index contributed by atoms with van der Waals surface area (Å²) in [4.78, 5) is 11.8. The van der Waals surface area contributed by atoms with Crippen molar-refractivity contribution in [3.63, 3.8) is 0 Å². The summed E-state index contributed by atoms with van der Waals surface area (Å²) in [6.45, 7) is 0. The number of benzene rings is 2. The fourth-order valence-electron chi connectivity index (χ4n) is 1.70. The number of nitrogens with one attached hydrogen (secondary N) is 1. The van der Waals surface area contributed by atoms with E-state index in [-0.39, 0.29) is 21.9 Å². The number of nitrogens with zero attached hydrogens (tertiary/aromatic N) is 1. The van der Waals surface area contributed by atoms with Crippen LogP contribution in [0.15, 0.2) is 47.6 Å². The second-order valence-corrected chi connectivity index (χ2v) is 4.86. The van der Waals surface area contributed by atoms with E-state index in [1.54, 1.807) is 6.07 Å². The highest BCUT2D eigenvalue weighted by Gasteiger charge is 2.30. The standard InChI is InChI=1S/C15H10ClF3N2O2/c16-12-6-2-4-10(13(12)22)8-20-21-14(23)9-3-1-5-11(7-9)15(17,18)19/h1-8,22H,(H,21,23)/b20-8-. The van der Waals surface area contributed by atoms with E-state index >= 15 is 0 Å². The van der Waals surface area contributed by atoms with Crippen LogP contribution in [0.2, 0.25) is 5.02 Å². The molecule has 2 rings (SSSR count). The Morgan fingerprint density at radius 1 is 1.22 bits per heavy atom. The van der Waals surface area contributed by atoms with Crippen LogP contribution in [0.5, 0.6) is 5.75 Å². The van der Waals surface area contributed by atoms with Crippen molar-refractivity contribution in [2.24, 2.45) is 5.10 Å². The molecule has 4 nitrogen and oxygen atoms in total. The lowest BCUT2D eigenvalue weighted by molar-refractivity contribution is -0.137. The van der Waals surface area contributed by atoms with E-state index in [2.05, 4.69) is 10.5 Å². The van der Waals surface area contributed by atoms with E-state index in [4.69, 9.17) is 11.6 Å². The van der Waals surface area contributed by atoms with Gasteiger partial charge in [0.2, 0.25) is 0 Å². The predicted octanol–water partition coefficient (Wildman–Crippen LogP) is 3.83. The zero-order valence-electron chi connectivity index (χ0n) is 11.4. The van der Waals surface area contributed by atoms with Crippen LogP contribution in [0.1, 0.15) is 21.5 Å². The first kappa shape index (κ1) is 16.8. The molecule has 2 N–H and O–H groups in total. The molecule has 0 saturated carbocycles. The third-order valence-corrected chi connectivity index (χ3v) is 3.14. The van der Waals surface area contributed by atoms with Crippen LogP contribution < -0.4 is 5.43 Å². The van der Waals surface area contributed by atoms with Gasteiger partial charge in [-0.1, -0.05) is 23.7 Å². The molecule has 2 aromatic carbocycles. The van der Waals surface area contributed by atoms with Gasteiger partial charge in [0.15, 0.2) is 0 Å². The number of alkyl halides is 3. The van der Waals surface area contributed by atoms with Crippen molar-refractivity contribution in [1.29, 1.82) is 0 Å². The highest BCUT2D eigenvalue weighted by Crippen LogP contribution is 2.29. The molecule has 1 amide bonds. The summed E-state index contributed by atoms with van der Waals surface area (Å²) in [5.41, 5.74) is 1.22. The summed E-state index contributed by atoms with van der Waals surface area (Å²) in [6, 6.07) is 8.49. The number of rotatable bonds is 3. The first-order chi connectivity index (χ1) is 10.8. The molecule has 23 heavy (non-hydrogen) atoms. The summed E-state index contributed by atoms with van der Waals surface area (Å²) in [6.07, 6.45) is -3.40. The topological polar surface area (TPSA) is 61.7 Å². The number of phenolic OH excluding ortho intramolecular Hbond substituents is 1. The van der Waals surface area contributed by atoms with Gasteiger partial charge in [0.05, 0.1) is 16.8 Å². The van der Waals surface area contributed by atoms with E-state index in [0.29, 0.717) is 0 Å². The van der Waals surface area contributed by atoms with Gasteiger partial charge >= 0.3 is 6.18 Å². The van der Waals surface area contributed by atoms with Gasteiger partial charge in [-0.05, 0) is 30.3 Å². The quantitative estimate of drug-likeness (QED) is 0.658. The number of amides is 1. The minimum Gasteiger partial charge on any atom is -0.506 e. The molecule has 0 spiro atoms. The highest BCUT2D eigenvalue weighted by atomic mass is 35.5. The van der Waals surface area contributed by atoms with Crippen LogP contribution in [0.25, 0.3) is 0 Å². The molecule has 0 unspecified atom stereocenters. The summed E-state index contributed by atoms with van der Waals surface area (Å²) >= 11 is 5.71. The van der Waals surface area contributed by atoms with E-state index in [9.17, 15) is 23.1 Å². The van der Waals surface area contributed by atoms with E-state index < -0.39 is 17.6 Å². The van der Waals surface area contributed by atoms with Crippen molar-refractivity contribution in [2.75, 3.05) is 0 Å². The molecule has 0 aliphatic carbocycles. The molecule has 0 atom stereocenters. The monoisotopic (exact) mass is 342 g/mol. The Balaban J connectivity index is 2.11. The molecule has 0 saturated heterocycles. The van der Waals surface area contributed by atoms with Gasteiger partial charge in [0, 0.05) is 11.1 Å². The number of hydrogen-bond donors (Lipinski definition) is 2. The van der Waals surface area contributed by atoms with Crippen LogP contribution in [-0.4, -0.2) is 17.2 Å². The molecule has 0 aliphatic heterocycles. The predicted molar refractivity (Wildman–Crippen MR) is 79.6 cm³/mol. The van der Waals surface area contributed by atoms with Crippen LogP contribution in [-0.2, 0) is 6.18 Å². The van der Waals surface area contributed by atoms with Gasteiger partial charge in [-0.25, -0.2) is 5.43 Å². The summed E-state index contributed by atoms with van der Waals surface area (Å²) in [5.74, 6) is -1.03. The van der Waals surface area contributed by atoms with Gasteiger partial charge in [-0.3, -0.25) is 4.79 Å². The maximum Gasteiger partial charge on any atom is 0.416 e. The third-order valence-electron chi connectivity index (χ3n) is 2.84. The van der Waals surface area contributed by atoms with Crippen molar-refractivity contribution in [3.05, 3.63) is 64.2 Å². The third kappa shape index (κ3) is 4.23. The van der Waals surface area contributed by atoms with Crippen molar-refractivity contribution >= 4 is 23.7 Å². The summed E-state index contributed by atoms with van der Waals surface area (Å²) in [5, 5.41) is 13.3. The molecule has 2 aromatic rings. The molecule has 0 aliphatic rings. The number of aromatic hydroxyl groups is 1. The molecule has 0 bridgehead atoms. The maximum atomic E-state index is 12.6. The van der Waals surface area contributed by atoms with E-state index in [1.165, 1.54) is 18.2 Å².